The fraction of sp³-hybridized carbons (Fsp3) is 0.417. The van der Waals surface area contributed by atoms with Crippen molar-refractivity contribution in [3.63, 3.8) is 0 Å². The summed E-state index contributed by atoms with van der Waals surface area (Å²) < 4.78 is 10.4. The van der Waals surface area contributed by atoms with Crippen molar-refractivity contribution in [3.05, 3.63) is 22.4 Å². The first-order chi connectivity index (χ1) is 8.95. The van der Waals surface area contributed by atoms with Gasteiger partial charge >= 0.3 is 5.97 Å². The molecule has 0 radical (unpaired) electrons. The lowest BCUT2D eigenvalue weighted by atomic mass is 10.3. The first kappa shape index (κ1) is 15.4. The van der Waals surface area contributed by atoms with Crippen LogP contribution < -0.4 is 10.1 Å². The van der Waals surface area contributed by atoms with Crippen molar-refractivity contribution in [1.82, 2.24) is 10.3 Å². The molecule has 7 heteroatoms. The summed E-state index contributed by atoms with van der Waals surface area (Å²) >= 11 is 3.22. The molecular weight excluding hydrogens is 316 g/mol. The minimum absolute atomic E-state index is 0.150. The van der Waals surface area contributed by atoms with Crippen LogP contribution in [-0.4, -0.2) is 36.6 Å². The smallest absolute Gasteiger partial charge is 0.325 e. The molecule has 1 rings (SSSR count). The molecule has 0 atom stereocenters. The zero-order valence-electron chi connectivity index (χ0n) is 10.9. The van der Waals surface area contributed by atoms with Crippen LogP contribution in [0.15, 0.2) is 16.7 Å². The zero-order valence-corrected chi connectivity index (χ0v) is 12.5. The van der Waals surface area contributed by atoms with E-state index >= 15 is 0 Å². The van der Waals surface area contributed by atoms with E-state index in [1.807, 2.05) is 0 Å². The maximum absolute atomic E-state index is 11.9. The van der Waals surface area contributed by atoms with Crippen molar-refractivity contribution >= 4 is 27.8 Å². The Kier molecular flexibility index (Phi) is 5.75. The summed E-state index contributed by atoms with van der Waals surface area (Å²) in [5.74, 6) is -0.487. The Morgan fingerprint density at radius 1 is 1.47 bits per heavy atom. The number of hydrogen-bond donors (Lipinski definition) is 1. The van der Waals surface area contributed by atoms with Crippen LogP contribution >= 0.6 is 15.9 Å². The van der Waals surface area contributed by atoms with Crippen LogP contribution in [0.4, 0.5) is 0 Å². The second-order valence-corrected chi connectivity index (χ2v) is 4.69. The quantitative estimate of drug-likeness (QED) is 0.828. The molecule has 0 aliphatic carbocycles. The molecule has 0 fully saturated rings. The number of aromatic nitrogens is 1. The number of pyridine rings is 1. The number of nitrogens with zero attached hydrogens (tertiary/aromatic N) is 1. The average molecular weight is 331 g/mol. The first-order valence-electron chi connectivity index (χ1n) is 5.62. The van der Waals surface area contributed by atoms with Gasteiger partial charge in [0.1, 0.15) is 18.0 Å². The molecule has 1 aromatic heterocycles. The van der Waals surface area contributed by atoms with Gasteiger partial charge in [-0.1, -0.05) is 0 Å². The van der Waals surface area contributed by atoms with Gasteiger partial charge in [0.15, 0.2) is 0 Å². The van der Waals surface area contributed by atoms with E-state index in [1.54, 1.807) is 19.9 Å². The maximum atomic E-state index is 11.9. The number of rotatable bonds is 5. The average Bonchev–Trinajstić information content (AvgIpc) is 2.35. The van der Waals surface area contributed by atoms with E-state index in [4.69, 9.17) is 9.47 Å². The number of methoxy groups -OCH3 is 1. The largest absolute Gasteiger partial charge is 0.495 e. The summed E-state index contributed by atoms with van der Waals surface area (Å²) in [4.78, 5) is 27.1. The highest BCUT2D eigenvalue weighted by Crippen LogP contribution is 2.26. The van der Waals surface area contributed by atoms with Crippen molar-refractivity contribution in [2.75, 3.05) is 13.7 Å². The minimum atomic E-state index is -0.498. The molecule has 0 bridgehead atoms. The van der Waals surface area contributed by atoms with Gasteiger partial charge in [-0.25, -0.2) is 4.98 Å². The molecule has 104 valence electrons. The summed E-state index contributed by atoms with van der Waals surface area (Å²) in [5.41, 5.74) is 0.150. The van der Waals surface area contributed by atoms with Crippen LogP contribution in [0.25, 0.3) is 0 Å². The molecule has 0 aliphatic rings. The normalized spacial score (nSPS) is 10.2. The molecule has 0 aromatic carbocycles. The van der Waals surface area contributed by atoms with Gasteiger partial charge in [0.05, 0.1) is 17.7 Å². The molecule has 1 amide bonds. The Labute approximate surface area is 119 Å². The lowest BCUT2D eigenvalue weighted by molar-refractivity contribution is -0.146. The van der Waals surface area contributed by atoms with Gasteiger partial charge in [-0.3, -0.25) is 9.59 Å². The summed E-state index contributed by atoms with van der Waals surface area (Å²) in [7, 11) is 1.49. The maximum Gasteiger partial charge on any atom is 0.325 e. The number of amides is 1. The van der Waals surface area contributed by atoms with Crippen LogP contribution in [0.5, 0.6) is 5.75 Å². The summed E-state index contributed by atoms with van der Waals surface area (Å²) in [6.45, 7) is 3.27. The number of halogens is 1. The van der Waals surface area contributed by atoms with E-state index in [2.05, 4.69) is 26.2 Å². The topological polar surface area (TPSA) is 77.5 Å². The minimum Gasteiger partial charge on any atom is -0.495 e. The predicted molar refractivity (Wildman–Crippen MR) is 72.1 cm³/mol. The molecule has 0 saturated carbocycles. The summed E-state index contributed by atoms with van der Waals surface area (Å²) in [5, 5.41) is 2.43. The highest BCUT2D eigenvalue weighted by Gasteiger charge is 2.16. The van der Waals surface area contributed by atoms with Gasteiger partial charge in [-0.05, 0) is 35.8 Å². The first-order valence-corrected chi connectivity index (χ1v) is 6.41. The summed E-state index contributed by atoms with van der Waals surface area (Å²) in [6.07, 6.45) is 1.23. The van der Waals surface area contributed by atoms with Gasteiger partial charge in [0, 0.05) is 6.20 Å². The van der Waals surface area contributed by atoms with E-state index in [9.17, 15) is 9.59 Å². The third-order valence-electron chi connectivity index (χ3n) is 2.05. The van der Waals surface area contributed by atoms with Crippen LogP contribution in [0.1, 0.15) is 24.3 Å². The van der Waals surface area contributed by atoms with Crippen molar-refractivity contribution in [2.45, 2.75) is 20.0 Å². The highest BCUT2D eigenvalue weighted by molar-refractivity contribution is 9.10. The molecule has 6 nitrogen and oxygen atoms in total. The van der Waals surface area contributed by atoms with Crippen molar-refractivity contribution < 1.29 is 19.1 Å². The number of hydrogen-bond acceptors (Lipinski definition) is 5. The highest BCUT2D eigenvalue weighted by atomic mass is 79.9. The van der Waals surface area contributed by atoms with E-state index in [-0.39, 0.29) is 18.3 Å². The van der Waals surface area contributed by atoms with E-state index < -0.39 is 11.9 Å². The van der Waals surface area contributed by atoms with E-state index in [1.165, 1.54) is 13.3 Å². The third kappa shape index (κ3) is 4.51. The van der Waals surface area contributed by atoms with E-state index in [0.717, 1.165) is 0 Å². The predicted octanol–water partition coefficient (Wildman–Crippen LogP) is 1.53. The van der Waals surface area contributed by atoms with Gasteiger partial charge < -0.3 is 14.8 Å². The van der Waals surface area contributed by atoms with Gasteiger partial charge in [0.25, 0.3) is 5.91 Å². The molecule has 19 heavy (non-hydrogen) atoms. The van der Waals surface area contributed by atoms with Crippen molar-refractivity contribution in [3.8, 4) is 5.75 Å². The third-order valence-corrected chi connectivity index (χ3v) is 2.82. The Bertz CT molecular complexity index is 477. The Morgan fingerprint density at radius 3 is 2.74 bits per heavy atom. The van der Waals surface area contributed by atoms with Crippen molar-refractivity contribution in [2.24, 2.45) is 0 Å². The molecule has 0 aliphatic heterocycles. The van der Waals surface area contributed by atoms with E-state index in [0.29, 0.717) is 10.2 Å². The molecule has 0 spiro atoms. The molecule has 1 N–H and O–H groups in total. The lowest BCUT2D eigenvalue weighted by Crippen LogP contribution is -2.32. The SMILES string of the molecule is COc1ccnc(C(=O)NCC(=O)OC(C)C)c1Br. The van der Waals surface area contributed by atoms with Crippen LogP contribution in [0, 0.1) is 0 Å². The standard InChI is InChI=1S/C12H15BrN2O4/c1-7(2)19-9(16)6-15-12(17)11-10(13)8(18-3)4-5-14-11/h4-5,7H,6H2,1-3H3,(H,15,17). The fourth-order valence-electron chi connectivity index (χ4n) is 1.28. The van der Waals surface area contributed by atoms with Crippen LogP contribution in [0.2, 0.25) is 0 Å². The van der Waals surface area contributed by atoms with Crippen LogP contribution in [-0.2, 0) is 9.53 Å². The Hall–Kier alpha value is -1.63. The van der Waals surface area contributed by atoms with Gasteiger partial charge in [0.2, 0.25) is 0 Å². The summed E-state index contributed by atoms with van der Waals surface area (Å²) in [6, 6.07) is 1.62. The molecular formula is C12H15BrN2O4. The molecule has 1 heterocycles. The second kappa shape index (κ2) is 7.08. The number of esters is 1. The molecule has 0 saturated heterocycles. The second-order valence-electron chi connectivity index (χ2n) is 3.90. The number of carbonyl (C=O) groups excluding carboxylic acids is 2. The fourth-order valence-corrected chi connectivity index (χ4v) is 1.86. The van der Waals surface area contributed by atoms with Crippen LogP contribution in [0.3, 0.4) is 0 Å². The number of nitrogens with one attached hydrogen (secondary N) is 1. The molecule has 0 unspecified atom stereocenters. The lowest BCUT2D eigenvalue weighted by Gasteiger charge is -2.10. The Morgan fingerprint density at radius 2 is 2.16 bits per heavy atom. The number of ether oxygens (including phenoxy) is 2. The molecule has 1 aromatic rings. The monoisotopic (exact) mass is 330 g/mol. The Balaban J connectivity index is 2.66. The zero-order chi connectivity index (χ0) is 14.4. The van der Waals surface area contributed by atoms with Gasteiger partial charge in [-0.2, -0.15) is 0 Å². The van der Waals surface area contributed by atoms with Gasteiger partial charge in [-0.15, -0.1) is 0 Å². The van der Waals surface area contributed by atoms with Crippen molar-refractivity contribution in [1.29, 1.82) is 0 Å². The number of carbonyl (C=O) groups is 2.